The number of rotatable bonds is 3. The van der Waals surface area contributed by atoms with E-state index in [4.69, 9.17) is 4.74 Å². The van der Waals surface area contributed by atoms with E-state index in [1.54, 1.807) is 0 Å². The third-order valence-corrected chi connectivity index (χ3v) is 3.04. The zero-order valence-electron chi connectivity index (χ0n) is 7.18. The average Bonchev–Trinajstić information content (AvgIpc) is 2.63. The normalized spacial score (nSPS) is 10.1. The maximum Gasteiger partial charge on any atom is 0.203 e. The van der Waals surface area contributed by atoms with Crippen molar-refractivity contribution in [3.8, 4) is 5.75 Å². The SMILES string of the molecule is Ic1nsc(COc2ccccc2)n1. The van der Waals surface area contributed by atoms with Gasteiger partial charge in [0.25, 0.3) is 0 Å². The maximum absolute atomic E-state index is 5.51. The Morgan fingerprint density at radius 2 is 2.07 bits per heavy atom. The first-order valence-corrected chi connectivity index (χ1v) is 5.86. The Bertz CT molecular complexity index is 404. The van der Waals surface area contributed by atoms with Crippen molar-refractivity contribution in [2.45, 2.75) is 6.61 Å². The van der Waals surface area contributed by atoms with Crippen LogP contribution in [0.25, 0.3) is 0 Å². The molecule has 0 aliphatic heterocycles. The molecule has 0 saturated carbocycles. The van der Waals surface area contributed by atoms with Gasteiger partial charge in [-0.05, 0) is 23.7 Å². The van der Waals surface area contributed by atoms with E-state index in [2.05, 4.69) is 31.9 Å². The molecule has 1 aromatic carbocycles. The van der Waals surface area contributed by atoms with E-state index in [1.165, 1.54) is 11.5 Å². The highest BCUT2D eigenvalue weighted by atomic mass is 127. The lowest BCUT2D eigenvalue weighted by molar-refractivity contribution is 0.305. The molecule has 3 nitrogen and oxygen atoms in total. The van der Waals surface area contributed by atoms with Crippen LogP contribution in [0.4, 0.5) is 0 Å². The summed E-state index contributed by atoms with van der Waals surface area (Å²) in [6.45, 7) is 0.491. The lowest BCUT2D eigenvalue weighted by Crippen LogP contribution is -1.94. The van der Waals surface area contributed by atoms with Gasteiger partial charge in [-0.2, -0.15) is 4.37 Å². The molecule has 0 N–H and O–H groups in total. The summed E-state index contributed by atoms with van der Waals surface area (Å²) in [5.41, 5.74) is 0. The van der Waals surface area contributed by atoms with Gasteiger partial charge >= 0.3 is 0 Å². The van der Waals surface area contributed by atoms with Crippen molar-refractivity contribution in [2.24, 2.45) is 0 Å². The smallest absolute Gasteiger partial charge is 0.203 e. The van der Waals surface area contributed by atoms with Crippen LogP contribution in [0.5, 0.6) is 5.75 Å². The van der Waals surface area contributed by atoms with E-state index in [1.807, 2.05) is 30.3 Å². The molecule has 2 aromatic rings. The van der Waals surface area contributed by atoms with Crippen LogP contribution in [0.3, 0.4) is 0 Å². The summed E-state index contributed by atoms with van der Waals surface area (Å²) in [7, 11) is 0. The monoisotopic (exact) mass is 318 g/mol. The first-order valence-electron chi connectivity index (χ1n) is 4.00. The van der Waals surface area contributed by atoms with Crippen molar-refractivity contribution in [2.75, 3.05) is 0 Å². The first kappa shape index (κ1) is 9.85. The number of halogens is 1. The van der Waals surface area contributed by atoms with Gasteiger partial charge in [-0.1, -0.05) is 18.2 Å². The number of hydrogen-bond donors (Lipinski definition) is 0. The lowest BCUT2D eigenvalue weighted by atomic mass is 10.3. The van der Waals surface area contributed by atoms with Crippen LogP contribution in [-0.2, 0) is 6.61 Å². The molecule has 5 heteroatoms. The standard InChI is InChI=1S/C9H7IN2OS/c10-9-11-8(14-12-9)6-13-7-4-2-1-3-5-7/h1-5H,6H2. The third kappa shape index (κ3) is 2.65. The molecule has 2 rings (SSSR count). The molecule has 0 atom stereocenters. The van der Waals surface area contributed by atoms with E-state index in [9.17, 15) is 0 Å². The van der Waals surface area contributed by atoms with Crippen LogP contribution in [0.1, 0.15) is 5.01 Å². The predicted molar refractivity (Wildman–Crippen MR) is 63.4 cm³/mol. The van der Waals surface area contributed by atoms with E-state index in [-0.39, 0.29) is 0 Å². The Morgan fingerprint density at radius 1 is 1.29 bits per heavy atom. The minimum absolute atomic E-state index is 0.491. The molecule has 1 aromatic heterocycles. The highest BCUT2D eigenvalue weighted by molar-refractivity contribution is 14.1. The predicted octanol–water partition coefficient (Wildman–Crippen LogP) is 2.72. The summed E-state index contributed by atoms with van der Waals surface area (Å²) in [4.78, 5) is 4.19. The second-order valence-electron chi connectivity index (χ2n) is 2.56. The van der Waals surface area contributed by atoms with Crippen LogP contribution in [0, 0.1) is 3.83 Å². The first-order chi connectivity index (χ1) is 6.84. The summed E-state index contributed by atoms with van der Waals surface area (Å²) >= 11 is 3.46. The quantitative estimate of drug-likeness (QED) is 0.816. The fourth-order valence-electron chi connectivity index (χ4n) is 0.954. The Balaban J connectivity index is 1.95. The second-order valence-corrected chi connectivity index (χ2v) is 4.36. The number of para-hydroxylation sites is 1. The molecular weight excluding hydrogens is 311 g/mol. The highest BCUT2D eigenvalue weighted by Crippen LogP contribution is 2.13. The number of benzene rings is 1. The Morgan fingerprint density at radius 3 is 2.71 bits per heavy atom. The summed E-state index contributed by atoms with van der Waals surface area (Å²) in [6.07, 6.45) is 0. The number of ether oxygens (including phenoxy) is 1. The fraction of sp³-hybridized carbons (Fsp3) is 0.111. The molecule has 0 aliphatic rings. The van der Waals surface area contributed by atoms with Gasteiger partial charge in [0.05, 0.1) is 0 Å². The van der Waals surface area contributed by atoms with Crippen molar-refractivity contribution >= 4 is 34.1 Å². The summed E-state index contributed by atoms with van der Waals surface area (Å²) < 4.78 is 10.4. The van der Waals surface area contributed by atoms with E-state index in [0.29, 0.717) is 6.61 Å². The van der Waals surface area contributed by atoms with Gasteiger partial charge in [-0.15, -0.1) is 0 Å². The maximum atomic E-state index is 5.51. The largest absolute Gasteiger partial charge is 0.486 e. The minimum Gasteiger partial charge on any atom is -0.486 e. The Hall–Kier alpha value is -0.690. The molecule has 14 heavy (non-hydrogen) atoms. The molecule has 1 heterocycles. The molecule has 72 valence electrons. The fourth-order valence-corrected chi connectivity index (χ4v) is 2.17. The molecule has 0 saturated heterocycles. The van der Waals surface area contributed by atoms with Crippen molar-refractivity contribution in [1.82, 2.24) is 9.36 Å². The Labute approximate surface area is 99.4 Å². The molecule has 0 fully saturated rings. The number of hydrogen-bond acceptors (Lipinski definition) is 4. The van der Waals surface area contributed by atoms with Gasteiger partial charge in [-0.25, -0.2) is 4.98 Å². The third-order valence-electron chi connectivity index (χ3n) is 1.55. The van der Waals surface area contributed by atoms with Crippen molar-refractivity contribution in [1.29, 1.82) is 0 Å². The molecular formula is C9H7IN2OS. The van der Waals surface area contributed by atoms with Gasteiger partial charge in [0.2, 0.25) is 3.83 Å². The molecule has 0 aliphatic carbocycles. The topological polar surface area (TPSA) is 35.0 Å². The molecule has 0 unspecified atom stereocenters. The number of nitrogens with zero attached hydrogens (tertiary/aromatic N) is 2. The van der Waals surface area contributed by atoms with E-state index in [0.717, 1.165) is 14.6 Å². The molecule has 0 radical (unpaired) electrons. The Kier molecular flexibility index (Phi) is 3.30. The van der Waals surface area contributed by atoms with Crippen LogP contribution < -0.4 is 4.74 Å². The van der Waals surface area contributed by atoms with Crippen LogP contribution in [0.15, 0.2) is 30.3 Å². The van der Waals surface area contributed by atoms with E-state index < -0.39 is 0 Å². The second kappa shape index (κ2) is 4.70. The summed E-state index contributed by atoms with van der Waals surface area (Å²) in [6, 6.07) is 9.69. The van der Waals surface area contributed by atoms with Crippen LogP contribution >= 0.6 is 34.1 Å². The van der Waals surface area contributed by atoms with Crippen molar-refractivity contribution < 1.29 is 4.74 Å². The van der Waals surface area contributed by atoms with Crippen molar-refractivity contribution in [3.05, 3.63) is 39.2 Å². The number of aromatic nitrogens is 2. The van der Waals surface area contributed by atoms with Gasteiger partial charge in [0.15, 0.2) is 5.01 Å². The zero-order valence-corrected chi connectivity index (χ0v) is 10.2. The minimum atomic E-state index is 0.491. The van der Waals surface area contributed by atoms with Crippen molar-refractivity contribution in [3.63, 3.8) is 0 Å². The van der Waals surface area contributed by atoms with E-state index >= 15 is 0 Å². The molecule has 0 spiro atoms. The van der Waals surface area contributed by atoms with Gasteiger partial charge < -0.3 is 4.74 Å². The highest BCUT2D eigenvalue weighted by Gasteiger charge is 2.01. The van der Waals surface area contributed by atoms with Gasteiger partial charge in [-0.3, -0.25) is 0 Å². The summed E-state index contributed by atoms with van der Waals surface area (Å²) in [5.74, 6) is 0.859. The molecule has 0 amide bonds. The zero-order chi connectivity index (χ0) is 9.80. The molecule has 0 bridgehead atoms. The van der Waals surface area contributed by atoms with Crippen LogP contribution in [0.2, 0.25) is 0 Å². The summed E-state index contributed by atoms with van der Waals surface area (Å²) in [5, 5.41) is 0.901. The van der Waals surface area contributed by atoms with Gasteiger partial charge in [0.1, 0.15) is 12.4 Å². The van der Waals surface area contributed by atoms with Crippen LogP contribution in [-0.4, -0.2) is 9.36 Å². The average molecular weight is 318 g/mol. The lowest BCUT2D eigenvalue weighted by Gasteiger charge is -2.01. The van der Waals surface area contributed by atoms with Gasteiger partial charge in [0, 0.05) is 22.6 Å².